The summed E-state index contributed by atoms with van der Waals surface area (Å²) >= 11 is 0. The number of rotatable bonds is 7. The third-order valence-corrected chi connectivity index (χ3v) is 3.87. The molecule has 7 nitrogen and oxygen atoms in total. The fourth-order valence-electron chi connectivity index (χ4n) is 2.21. The van der Waals surface area contributed by atoms with E-state index in [2.05, 4.69) is 10.6 Å². The number of nitrogens with one attached hydrogen (secondary N) is 2. The summed E-state index contributed by atoms with van der Waals surface area (Å²) in [6.45, 7) is 4.70. The van der Waals surface area contributed by atoms with Crippen molar-refractivity contribution in [1.29, 1.82) is 0 Å². The van der Waals surface area contributed by atoms with Crippen molar-refractivity contribution < 1.29 is 14.4 Å². The van der Waals surface area contributed by atoms with Crippen molar-refractivity contribution >= 4 is 30.3 Å². The number of carbonyl (C=O) groups excluding carboxylic acids is 3. The first kappa shape index (κ1) is 19.7. The molecule has 21 heavy (non-hydrogen) atoms. The van der Waals surface area contributed by atoms with Gasteiger partial charge in [-0.3, -0.25) is 14.5 Å². The molecule has 0 aromatic heterocycles. The third-order valence-electron chi connectivity index (χ3n) is 3.87. The van der Waals surface area contributed by atoms with Crippen LogP contribution in [0.25, 0.3) is 0 Å². The van der Waals surface area contributed by atoms with E-state index in [1.165, 1.54) is 4.90 Å². The third kappa shape index (κ3) is 4.07. The molecule has 0 bridgehead atoms. The van der Waals surface area contributed by atoms with Gasteiger partial charge < -0.3 is 15.5 Å². The van der Waals surface area contributed by atoms with Crippen LogP contribution >= 0.6 is 12.4 Å². The van der Waals surface area contributed by atoms with Gasteiger partial charge in [-0.15, -0.1) is 12.4 Å². The lowest BCUT2D eigenvalue weighted by Crippen LogP contribution is -2.47. The fraction of sp³-hybridized carbons (Fsp3) is 0.769. The normalized spacial score (nSPS) is 16.5. The van der Waals surface area contributed by atoms with E-state index in [-0.39, 0.29) is 30.8 Å². The highest BCUT2D eigenvalue weighted by molar-refractivity contribution is 6.08. The molecule has 0 saturated carbocycles. The van der Waals surface area contributed by atoms with E-state index in [0.717, 1.165) is 4.90 Å². The zero-order chi connectivity index (χ0) is 15.3. The summed E-state index contributed by atoms with van der Waals surface area (Å²) in [5.74, 6) is -0.547. The van der Waals surface area contributed by atoms with Gasteiger partial charge in [0.1, 0.15) is 12.1 Å². The average molecular weight is 321 g/mol. The first-order chi connectivity index (χ1) is 9.41. The molecule has 1 fully saturated rings. The Labute approximate surface area is 131 Å². The van der Waals surface area contributed by atoms with Crippen molar-refractivity contribution in [3.63, 3.8) is 0 Å². The predicted molar refractivity (Wildman–Crippen MR) is 82.4 cm³/mol. The number of nitrogens with zero attached hydrogens (tertiary/aromatic N) is 2. The van der Waals surface area contributed by atoms with Gasteiger partial charge in [0.05, 0.1) is 0 Å². The summed E-state index contributed by atoms with van der Waals surface area (Å²) < 4.78 is 0. The Kier molecular flexibility index (Phi) is 7.67. The molecule has 1 aliphatic heterocycles. The van der Waals surface area contributed by atoms with E-state index in [9.17, 15) is 14.4 Å². The highest BCUT2D eigenvalue weighted by atomic mass is 35.5. The molecule has 1 aliphatic rings. The van der Waals surface area contributed by atoms with Crippen LogP contribution in [0.1, 0.15) is 26.7 Å². The van der Waals surface area contributed by atoms with Crippen molar-refractivity contribution in [1.82, 2.24) is 20.4 Å². The van der Waals surface area contributed by atoms with Gasteiger partial charge in [0.25, 0.3) is 5.91 Å². The highest BCUT2D eigenvalue weighted by Gasteiger charge is 2.49. The molecule has 1 rings (SSSR count). The summed E-state index contributed by atoms with van der Waals surface area (Å²) in [6, 6.07) is -0.478. The van der Waals surface area contributed by atoms with Crippen molar-refractivity contribution in [2.45, 2.75) is 32.2 Å². The minimum atomic E-state index is -0.846. The van der Waals surface area contributed by atoms with Crippen LogP contribution in [0.15, 0.2) is 0 Å². The summed E-state index contributed by atoms with van der Waals surface area (Å²) in [7, 11) is 3.46. The number of imide groups is 1. The monoisotopic (exact) mass is 320 g/mol. The van der Waals surface area contributed by atoms with E-state index < -0.39 is 11.6 Å². The molecule has 0 aromatic carbocycles. The lowest BCUT2D eigenvalue weighted by Gasteiger charge is -2.24. The lowest BCUT2D eigenvalue weighted by molar-refractivity contribution is -0.138. The first-order valence-corrected chi connectivity index (χ1v) is 6.94. The number of hydrogen-bond acceptors (Lipinski definition) is 4. The molecule has 0 aliphatic carbocycles. The number of likely N-dealkylation sites (N-methyl/N-ethyl adjacent to an activating group) is 2. The van der Waals surface area contributed by atoms with E-state index in [4.69, 9.17) is 0 Å². The van der Waals surface area contributed by atoms with Gasteiger partial charge >= 0.3 is 6.03 Å². The van der Waals surface area contributed by atoms with E-state index >= 15 is 0 Å². The second-order valence-electron chi connectivity index (χ2n) is 5.03. The lowest BCUT2D eigenvalue weighted by atomic mass is 9.93. The average Bonchev–Trinajstić information content (AvgIpc) is 2.69. The maximum absolute atomic E-state index is 12.3. The van der Waals surface area contributed by atoms with Crippen LogP contribution < -0.4 is 10.6 Å². The van der Waals surface area contributed by atoms with Gasteiger partial charge in [-0.2, -0.15) is 0 Å². The van der Waals surface area contributed by atoms with Crippen LogP contribution in [-0.2, 0) is 9.59 Å². The molecule has 4 amide bonds. The topological polar surface area (TPSA) is 81.8 Å². The molecular formula is C13H25ClN4O3. The minimum Gasteiger partial charge on any atom is -0.343 e. The Morgan fingerprint density at radius 2 is 1.90 bits per heavy atom. The van der Waals surface area contributed by atoms with Gasteiger partial charge in [0, 0.05) is 20.1 Å². The fourth-order valence-corrected chi connectivity index (χ4v) is 2.21. The SMILES string of the molecule is CCC1(CC)NC(=O)N(CC(=O)N(C)CCNC)C1=O.Cl. The number of halogens is 1. The van der Waals surface area contributed by atoms with Crippen molar-refractivity contribution in [3.8, 4) is 0 Å². The Balaban J connectivity index is 0.00000400. The van der Waals surface area contributed by atoms with Crippen LogP contribution in [0.3, 0.4) is 0 Å². The van der Waals surface area contributed by atoms with Crippen molar-refractivity contribution in [2.24, 2.45) is 0 Å². The molecule has 122 valence electrons. The molecule has 1 saturated heterocycles. The van der Waals surface area contributed by atoms with E-state index in [0.29, 0.717) is 25.9 Å². The first-order valence-electron chi connectivity index (χ1n) is 6.94. The van der Waals surface area contributed by atoms with Gasteiger partial charge in [0.15, 0.2) is 0 Å². The molecule has 0 atom stereocenters. The highest BCUT2D eigenvalue weighted by Crippen LogP contribution is 2.24. The Morgan fingerprint density at radius 3 is 2.33 bits per heavy atom. The maximum Gasteiger partial charge on any atom is 0.325 e. The molecule has 0 radical (unpaired) electrons. The van der Waals surface area contributed by atoms with Gasteiger partial charge in [-0.1, -0.05) is 13.8 Å². The summed E-state index contributed by atoms with van der Waals surface area (Å²) in [4.78, 5) is 38.8. The predicted octanol–water partition coefficient (Wildman–Crippen LogP) is 0.197. The largest absolute Gasteiger partial charge is 0.343 e. The molecule has 1 heterocycles. The van der Waals surface area contributed by atoms with Crippen LogP contribution in [-0.4, -0.2) is 66.9 Å². The molecule has 0 aromatic rings. The quantitative estimate of drug-likeness (QED) is 0.656. The van der Waals surface area contributed by atoms with Crippen LogP contribution in [0.2, 0.25) is 0 Å². The minimum absolute atomic E-state index is 0. The van der Waals surface area contributed by atoms with Crippen molar-refractivity contribution in [2.75, 3.05) is 33.7 Å². The second kappa shape index (κ2) is 8.19. The van der Waals surface area contributed by atoms with E-state index in [1.807, 2.05) is 13.8 Å². The zero-order valence-electron chi connectivity index (χ0n) is 13.1. The van der Waals surface area contributed by atoms with Gasteiger partial charge in [0.2, 0.25) is 5.91 Å². The number of urea groups is 1. The van der Waals surface area contributed by atoms with Crippen LogP contribution in [0.4, 0.5) is 4.79 Å². The second-order valence-corrected chi connectivity index (χ2v) is 5.03. The Bertz CT molecular complexity index is 399. The van der Waals surface area contributed by atoms with Gasteiger partial charge in [-0.05, 0) is 19.9 Å². The van der Waals surface area contributed by atoms with Crippen LogP contribution in [0, 0.1) is 0 Å². The smallest absolute Gasteiger partial charge is 0.325 e. The Morgan fingerprint density at radius 1 is 1.33 bits per heavy atom. The molecule has 8 heteroatoms. The molecule has 2 N–H and O–H groups in total. The number of amides is 4. The number of hydrogen-bond donors (Lipinski definition) is 2. The molecule has 0 unspecified atom stereocenters. The standard InChI is InChI=1S/C13H24N4O3.ClH/c1-5-13(6-2)11(19)17(12(20)15-13)9-10(18)16(4)8-7-14-3;/h14H,5-9H2,1-4H3,(H,15,20);1H. The van der Waals surface area contributed by atoms with Crippen LogP contribution in [0.5, 0.6) is 0 Å². The zero-order valence-corrected chi connectivity index (χ0v) is 13.9. The summed E-state index contributed by atoms with van der Waals surface area (Å²) in [6.07, 6.45) is 1.04. The van der Waals surface area contributed by atoms with Gasteiger partial charge in [-0.25, -0.2) is 4.79 Å². The summed E-state index contributed by atoms with van der Waals surface area (Å²) in [5.41, 5.74) is -0.846. The van der Waals surface area contributed by atoms with Crippen molar-refractivity contribution in [3.05, 3.63) is 0 Å². The molecule has 0 spiro atoms. The summed E-state index contributed by atoms with van der Waals surface area (Å²) in [5, 5.41) is 5.65. The number of carbonyl (C=O) groups is 3. The molecular weight excluding hydrogens is 296 g/mol. The van der Waals surface area contributed by atoms with E-state index in [1.54, 1.807) is 14.1 Å². The maximum atomic E-state index is 12.3. The Hall–Kier alpha value is -1.34.